The van der Waals surface area contributed by atoms with Gasteiger partial charge in [0.1, 0.15) is 24.2 Å². The smallest absolute Gasteiger partial charge is 0.245 e. The Balaban J connectivity index is 2.17. The van der Waals surface area contributed by atoms with Gasteiger partial charge in [-0.3, -0.25) is 33.8 Å². The number of aliphatic imine (C=N–C) groups is 1. The van der Waals surface area contributed by atoms with Crippen LogP contribution in [0.1, 0.15) is 51.4 Å². The predicted molar refractivity (Wildman–Crippen MR) is 140 cm³/mol. The fourth-order valence-corrected chi connectivity index (χ4v) is 4.83. The van der Waals surface area contributed by atoms with Crippen molar-refractivity contribution in [3.63, 3.8) is 0 Å². The van der Waals surface area contributed by atoms with Gasteiger partial charge in [0, 0.05) is 26.1 Å². The molecule has 39 heavy (non-hydrogen) atoms. The van der Waals surface area contributed by atoms with Gasteiger partial charge in [0.25, 0.3) is 0 Å². The zero-order valence-corrected chi connectivity index (χ0v) is 22.0. The lowest BCUT2D eigenvalue weighted by atomic mass is 10.1. The van der Waals surface area contributed by atoms with Gasteiger partial charge in [-0.05, 0) is 44.9 Å². The summed E-state index contributed by atoms with van der Waals surface area (Å²) in [6.07, 6.45) is 2.20. The first-order chi connectivity index (χ1) is 18.5. The second-order valence-electron chi connectivity index (χ2n) is 9.62. The number of carbonyl (C=O) groups is 6. The molecule has 0 unspecified atom stereocenters. The largest absolute Gasteiger partial charge is 0.370 e. The SMILES string of the molecule is NCC(=O)N1CCC[C@H]1C(=O)N[C@@H](CCCN=C(N)N)C(=O)N1CCC[C@H]1C(=O)N[C@@H](CCC(N)=O)C(N)=O. The van der Waals surface area contributed by atoms with Crippen LogP contribution in [-0.2, 0) is 28.8 Å². The molecule has 2 saturated heterocycles. The number of carbonyl (C=O) groups excluding carboxylic acids is 6. The minimum atomic E-state index is -1.13. The molecule has 0 bridgehead atoms. The van der Waals surface area contributed by atoms with Crippen LogP contribution in [0.2, 0.25) is 0 Å². The van der Waals surface area contributed by atoms with Crippen molar-refractivity contribution in [2.45, 2.75) is 75.5 Å². The van der Waals surface area contributed by atoms with Gasteiger partial charge in [-0.15, -0.1) is 0 Å². The van der Waals surface area contributed by atoms with Gasteiger partial charge in [-0.2, -0.15) is 0 Å². The minimum Gasteiger partial charge on any atom is -0.370 e. The second kappa shape index (κ2) is 14.8. The van der Waals surface area contributed by atoms with Crippen LogP contribution in [0.15, 0.2) is 4.99 Å². The highest BCUT2D eigenvalue weighted by Crippen LogP contribution is 2.22. The molecule has 0 saturated carbocycles. The van der Waals surface area contributed by atoms with Gasteiger partial charge in [0.15, 0.2) is 5.96 Å². The van der Waals surface area contributed by atoms with Gasteiger partial charge in [0.05, 0.1) is 6.54 Å². The maximum atomic E-state index is 13.6. The van der Waals surface area contributed by atoms with Gasteiger partial charge < -0.3 is 49.1 Å². The molecule has 2 heterocycles. The normalized spacial score (nSPS) is 20.1. The summed E-state index contributed by atoms with van der Waals surface area (Å²) < 4.78 is 0. The Bertz CT molecular complexity index is 969. The van der Waals surface area contributed by atoms with Crippen molar-refractivity contribution in [2.75, 3.05) is 26.2 Å². The molecular weight excluding hydrogens is 512 g/mol. The van der Waals surface area contributed by atoms with Crippen LogP contribution in [0, 0.1) is 0 Å². The van der Waals surface area contributed by atoms with E-state index in [0.717, 1.165) is 0 Å². The van der Waals surface area contributed by atoms with Gasteiger partial charge in [-0.1, -0.05) is 0 Å². The maximum Gasteiger partial charge on any atom is 0.245 e. The first kappa shape index (κ1) is 31.3. The van der Waals surface area contributed by atoms with Crippen molar-refractivity contribution in [2.24, 2.45) is 33.7 Å². The molecular formula is C23H40N10O6. The van der Waals surface area contributed by atoms with Crippen LogP contribution >= 0.6 is 0 Å². The highest BCUT2D eigenvalue weighted by molar-refractivity contribution is 5.96. The standard InChI is InChI=1S/C23H40N10O6/c24-12-18(35)32-10-2-5-15(32)20(37)31-14(4-1-9-29-23(27)28)22(39)33-11-3-6-16(33)21(38)30-13(19(26)36)7-8-17(25)34/h13-16H,1-12,24H2,(H2,25,34)(H2,26,36)(H,30,38)(H,31,37)(H4,27,28,29)/t13-,14-,15-,16-/m0/s1. The van der Waals surface area contributed by atoms with Crippen molar-refractivity contribution < 1.29 is 28.8 Å². The van der Waals surface area contributed by atoms with E-state index in [4.69, 9.17) is 28.7 Å². The maximum absolute atomic E-state index is 13.6. The lowest BCUT2D eigenvalue weighted by molar-refractivity contribution is -0.143. The molecule has 16 heteroatoms. The summed E-state index contributed by atoms with van der Waals surface area (Å²) in [5.41, 5.74) is 26.7. The zero-order chi connectivity index (χ0) is 29.1. The number of guanidine groups is 1. The van der Waals surface area contributed by atoms with Crippen molar-refractivity contribution in [3.05, 3.63) is 0 Å². The lowest BCUT2D eigenvalue weighted by Crippen LogP contribution is -2.57. The summed E-state index contributed by atoms with van der Waals surface area (Å²) >= 11 is 0. The first-order valence-corrected chi connectivity index (χ1v) is 13.0. The average molecular weight is 553 g/mol. The number of nitrogens with one attached hydrogen (secondary N) is 2. The van der Waals surface area contributed by atoms with E-state index in [2.05, 4.69) is 15.6 Å². The summed E-state index contributed by atoms with van der Waals surface area (Å²) in [7, 11) is 0. The van der Waals surface area contributed by atoms with Crippen molar-refractivity contribution in [3.8, 4) is 0 Å². The number of rotatable bonds is 14. The van der Waals surface area contributed by atoms with Crippen molar-refractivity contribution in [1.82, 2.24) is 20.4 Å². The lowest BCUT2D eigenvalue weighted by Gasteiger charge is -2.31. The van der Waals surface area contributed by atoms with E-state index in [-0.39, 0.29) is 50.8 Å². The van der Waals surface area contributed by atoms with Crippen LogP contribution in [0.3, 0.4) is 0 Å². The molecule has 0 aliphatic carbocycles. The van der Waals surface area contributed by atoms with Crippen LogP contribution in [0.5, 0.6) is 0 Å². The molecule has 2 aliphatic heterocycles. The molecule has 0 aromatic carbocycles. The minimum absolute atomic E-state index is 0.0695. The predicted octanol–water partition coefficient (Wildman–Crippen LogP) is -4.30. The fourth-order valence-electron chi connectivity index (χ4n) is 4.83. The van der Waals surface area contributed by atoms with Crippen LogP contribution < -0.4 is 39.3 Å². The molecule has 6 amide bonds. The van der Waals surface area contributed by atoms with E-state index in [1.807, 2.05) is 0 Å². The molecule has 2 rings (SSSR count). The van der Waals surface area contributed by atoms with Gasteiger partial charge in [0.2, 0.25) is 35.4 Å². The van der Waals surface area contributed by atoms with Gasteiger partial charge in [-0.25, -0.2) is 0 Å². The molecule has 218 valence electrons. The van der Waals surface area contributed by atoms with E-state index in [1.54, 1.807) is 0 Å². The summed E-state index contributed by atoms with van der Waals surface area (Å²) in [5, 5.41) is 5.26. The molecule has 0 spiro atoms. The summed E-state index contributed by atoms with van der Waals surface area (Å²) in [5.74, 6) is -3.54. The Morgan fingerprint density at radius 3 is 1.92 bits per heavy atom. The molecule has 16 nitrogen and oxygen atoms in total. The topological polar surface area (TPSA) is 275 Å². The number of hydrogen-bond donors (Lipinski definition) is 7. The van der Waals surface area contributed by atoms with E-state index in [1.165, 1.54) is 9.80 Å². The zero-order valence-electron chi connectivity index (χ0n) is 22.0. The van der Waals surface area contributed by atoms with Crippen LogP contribution in [-0.4, -0.2) is 102 Å². The van der Waals surface area contributed by atoms with E-state index in [9.17, 15) is 28.8 Å². The highest BCUT2D eigenvalue weighted by Gasteiger charge is 2.40. The molecule has 2 fully saturated rings. The van der Waals surface area contributed by atoms with Crippen LogP contribution in [0.25, 0.3) is 0 Å². The number of primary amides is 2. The molecule has 12 N–H and O–H groups in total. The Hall–Kier alpha value is -3.95. The molecule has 0 radical (unpaired) electrons. The van der Waals surface area contributed by atoms with Gasteiger partial charge >= 0.3 is 0 Å². The number of amides is 6. The molecule has 4 atom stereocenters. The van der Waals surface area contributed by atoms with E-state index >= 15 is 0 Å². The number of hydrogen-bond acceptors (Lipinski definition) is 8. The fraction of sp³-hybridized carbons (Fsp3) is 0.696. The number of nitrogens with zero attached hydrogens (tertiary/aromatic N) is 3. The Morgan fingerprint density at radius 2 is 1.38 bits per heavy atom. The molecule has 0 aromatic rings. The number of likely N-dealkylation sites (tertiary alicyclic amines) is 2. The molecule has 0 aromatic heterocycles. The summed E-state index contributed by atoms with van der Waals surface area (Å²) in [6.45, 7) is 0.623. The van der Waals surface area contributed by atoms with E-state index < -0.39 is 53.7 Å². The summed E-state index contributed by atoms with van der Waals surface area (Å²) in [4.78, 5) is 81.6. The first-order valence-electron chi connectivity index (χ1n) is 13.0. The Morgan fingerprint density at radius 1 is 0.821 bits per heavy atom. The summed E-state index contributed by atoms with van der Waals surface area (Å²) in [6, 6.07) is -3.82. The van der Waals surface area contributed by atoms with Crippen LogP contribution in [0.4, 0.5) is 0 Å². The quantitative estimate of drug-likeness (QED) is 0.0622. The monoisotopic (exact) mass is 552 g/mol. The average Bonchev–Trinajstić information content (AvgIpc) is 3.57. The highest BCUT2D eigenvalue weighted by atomic mass is 16.2. The third-order valence-electron chi connectivity index (χ3n) is 6.79. The third-order valence-corrected chi connectivity index (χ3v) is 6.79. The molecule has 2 aliphatic rings. The second-order valence-corrected chi connectivity index (χ2v) is 9.62. The number of nitrogens with two attached hydrogens (primary N) is 5. The van der Waals surface area contributed by atoms with Crippen molar-refractivity contribution in [1.29, 1.82) is 0 Å². The van der Waals surface area contributed by atoms with Crippen molar-refractivity contribution >= 4 is 41.4 Å². The Kier molecular flexibility index (Phi) is 11.9. The Labute approximate surface area is 226 Å². The van der Waals surface area contributed by atoms with E-state index in [0.29, 0.717) is 38.6 Å². The third kappa shape index (κ3) is 9.08.